The minimum Gasteiger partial charge on any atom is -0.394 e. The number of rotatable bonds is 4. The van der Waals surface area contributed by atoms with E-state index in [-0.39, 0.29) is 10.0 Å². The molecule has 3 rings (SSSR count). The van der Waals surface area contributed by atoms with Crippen LogP contribution < -0.4 is 5.32 Å². The molecule has 0 radical (unpaired) electrons. The molecule has 2 heterocycles. The minimum absolute atomic E-state index is 0.273. The Balaban J connectivity index is 2.27. The number of aliphatic hydroxyl groups excluding tert-OH is 3. The van der Waals surface area contributed by atoms with Crippen LogP contribution in [0.2, 0.25) is 10.0 Å². The molecule has 0 amide bonds. The van der Waals surface area contributed by atoms with E-state index in [0.29, 0.717) is 28.6 Å². The minimum atomic E-state index is -1.29. The average Bonchev–Trinajstić information content (AvgIpc) is 3.02. The van der Waals surface area contributed by atoms with E-state index in [0.717, 1.165) is 0 Å². The summed E-state index contributed by atoms with van der Waals surface area (Å²) in [4.78, 5) is 11.6. The van der Waals surface area contributed by atoms with Gasteiger partial charge in [-0.1, -0.05) is 23.2 Å². The highest BCUT2D eigenvalue weighted by Crippen LogP contribution is 2.40. The molecule has 9 heteroatoms. The SMILES string of the molecule is CNc1c(C=O)c2cc(Cl)c(Cl)cc2n1C1O[C@H](CO)[C@@H](O)[C@H]1O. The second-order valence-corrected chi connectivity index (χ2v) is 6.33. The van der Waals surface area contributed by atoms with Gasteiger partial charge >= 0.3 is 0 Å². The van der Waals surface area contributed by atoms with Crippen molar-refractivity contribution in [1.29, 1.82) is 0 Å². The van der Waals surface area contributed by atoms with Crippen LogP contribution in [0, 0.1) is 0 Å². The maximum atomic E-state index is 11.6. The summed E-state index contributed by atoms with van der Waals surface area (Å²) in [5.74, 6) is 0.383. The largest absolute Gasteiger partial charge is 0.394 e. The number of carbonyl (C=O) groups excluding carboxylic acids is 1. The zero-order valence-corrected chi connectivity index (χ0v) is 14.1. The molecule has 1 unspecified atom stereocenters. The summed E-state index contributed by atoms with van der Waals surface area (Å²) < 4.78 is 7.11. The smallest absolute Gasteiger partial charge is 0.164 e. The van der Waals surface area contributed by atoms with Crippen LogP contribution >= 0.6 is 23.2 Å². The molecule has 24 heavy (non-hydrogen) atoms. The number of nitrogens with zero attached hydrogens (tertiary/aromatic N) is 1. The third-order valence-corrected chi connectivity index (χ3v) is 4.93. The van der Waals surface area contributed by atoms with Crippen LogP contribution in [0.25, 0.3) is 10.9 Å². The molecule has 130 valence electrons. The van der Waals surface area contributed by atoms with Crippen molar-refractivity contribution in [2.45, 2.75) is 24.5 Å². The molecule has 1 fully saturated rings. The molecule has 1 aromatic heterocycles. The van der Waals surface area contributed by atoms with Gasteiger partial charge in [-0.3, -0.25) is 9.36 Å². The molecule has 0 saturated carbocycles. The Morgan fingerprint density at radius 1 is 1.29 bits per heavy atom. The second-order valence-electron chi connectivity index (χ2n) is 5.51. The summed E-state index contributed by atoms with van der Waals surface area (Å²) in [5, 5.41) is 33.6. The van der Waals surface area contributed by atoms with E-state index in [2.05, 4.69) is 5.32 Å². The first kappa shape index (κ1) is 17.5. The molecular formula is C15H16Cl2N2O5. The molecule has 7 nitrogen and oxygen atoms in total. The number of nitrogens with one attached hydrogen (secondary N) is 1. The molecule has 0 spiro atoms. The average molecular weight is 375 g/mol. The summed E-state index contributed by atoms with van der Waals surface area (Å²) in [6.07, 6.45) is -3.83. The molecule has 2 aromatic rings. The van der Waals surface area contributed by atoms with Gasteiger partial charge in [-0.25, -0.2) is 0 Å². The van der Waals surface area contributed by atoms with Gasteiger partial charge in [0.2, 0.25) is 0 Å². The van der Waals surface area contributed by atoms with E-state index in [4.69, 9.17) is 27.9 Å². The highest BCUT2D eigenvalue weighted by molar-refractivity contribution is 6.43. The van der Waals surface area contributed by atoms with Crippen molar-refractivity contribution in [2.75, 3.05) is 19.0 Å². The Hall–Kier alpha value is -1.35. The van der Waals surface area contributed by atoms with Crippen molar-refractivity contribution in [3.63, 3.8) is 0 Å². The van der Waals surface area contributed by atoms with Crippen molar-refractivity contribution in [3.8, 4) is 0 Å². The van der Waals surface area contributed by atoms with E-state index >= 15 is 0 Å². The third-order valence-electron chi connectivity index (χ3n) is 4.21. The summed E-state index contributed by atoms with van der Waals surface area (Å²) >= 11 is 12.1. The van der Waals surface area contributed by atoms with E-state index in [1.165, 1.54) is 4.57 Å². The van der Waals surface area contributed by atoms with Crippen LogP contribution in [0.4, 0.5) is 5.82 Å². The first-order valence-electron chi connectivity index (χ1n) is 7.22. The lowest BCUT2D eigenvalue weighted by atomic mass is 10.1. The van der Waals surface area contributed by atoms with Crippen molar-refractivity contribution in [3.05, 3.63) is 27.7 Å². The highest BCUT2D eigenvalue weighted by Gasteiger charge is 2.44. The maximum Gasteiger partial charge on any atom is 0.164 e. The normalized spacial score (nSPS) is 26.9. The lowest BCUT2D eigenvalue weighted by Crippen LogP contribution is -2.33. The summed E-state index contributed by atoms with van der Waals surface area (Å²) in [7, 11) is 1.61. The predicted molar refractivity (Wildman–Crippen MR) is 89.9 cm³/mol. The van der Waals surface area contributed by atoms with Gasteiger partial charge in [-0.05, 0) is 12.1 Å². The van der Waals surface area contributed by atoms with Gasteiger partial charge in [-0.2, -0.15) is 0 Å². The number of benzene rings is 1. The van der Waals surface area contributed by atoms with Gasteiger partial charge in [0.1, 0.15) is 24.1 Å². The Morgan fingerprint density at radius 2 is 1.96 bits per heavy atom. The number of ether oxygens (including phenoxy) is 1. The molecule has 1 aliphatic rings. The Morgan fingerprint density at radius 3 is 2.50 bits per heavy atom. The van der Waals surface area contributed by atoms with Gasteiger partial charge in [0.05, 0.1) is 27.7 Å². The van der Waals surface area contributed by atoms with Crippen LogP contribution in [0.5, 0.6) is 0 Å². The standard InChI is InChI=1S/C15H16Cl2N2O5/c1-18-14-7(4-20)6-2-8(16)9(17)3-10(6)19(14)15-13(23)12(22)11(5-21)24-15/h2-4,11-13,15,18,21-23H,5H2,1H3/t11-,12-,13-,15?/m1/s1. The number of hydrogen-bond acceptors (Lipinski definition) is 6. The van der Waals surface area contributed by atoms with Crippen LogP contribution in [0.1, 0.15) is 16.6 Å². The van der Waals surface area contributed by atoms with Gasteiger partial charge in [0.25, 0.3) is 0 Å². The molecular weight excluding hydrogens is 359 g/mol. The summed E-state index contributed by atoms with van der Waals surface area (Å²) in [6.45, 7) is -0.448. The molecule has 0 aliphatic carbocycles. The van der Waals surface area contributed by atoms with E-state index in [1.807, 2.05) is 0 Å². The van der Waals surface area contributed by atoms with Crippen LogP contribution in [-0.4, -0.2) is 58.1 Å². The number of anilines is 1. The van der Waals surface area contributed by atoms with Gasteiger partial charge in [-0.15, -0.1) is 0 Å². The van der Waals surface area contributed by atoms with Crippen molar-refractivity contribution >= 4 is 46.2 Å². The Kier molecular flexibility index (Phi) is 4.74. The molecule has 1 aliphatic heterocycles. The molecule has 4 atom stereocenters. The summed E-state index contributed by atoms with van der Waals surface area (Å²) in [5.41, 5.74) is 0.828. The molecule has 1 aromatic carbocycles. The zero-order chi connectivity index (χ0) is 17.6. The van der Waals surface area contributed by atoms with Crippen LogP contribution in [-0.2, 0) is 4.74 Å². The number of aliphatic hydroxyl groups is 3. The predicted octanol–water partition coefficient (Wildman–Crippen LogP) is 1.41. The van der Waals surface area contributed by atoms with Crippen LogP contribution in [0.3, 0.4) is 0 Å². The fraction of sp³-hybridized carbons (Fsp3) is 0.400. The number of aromatic nitrogens is 1. The second kappa shape index (κ2) is 6.51. The number of aldehydes is 1. The van der Waals surface area contributed by atoms with Gasteiger partial charge in [0, 0.05) is 12.4 Å². The van der Waals surface area contributed by atoms with Crippen molar-refractivity contribution < 1.29 is 24.9 Å². The van der Waals surface area contributed by atoms with E-state index < -0.39 is 31.1 Å². The molecule has 4 N–H and O–H groups in total. The fourth-order valence-electron chi connectivity index (χ4n) is 3.06. The number of hydrogen-bond donors (Lipinski definition) is 4. The van der Waals surface area contributed by atoms with E-state index in [1.54, 1.807) is 19.2 Å². The summed E-state index contributed by atoms with van der Waals surface area (Å²) in [6, 6.07) is 3.11. The number of fused-ring (bicyclic) bond motifs is 1. The number of halogens is 2. The number of carbonyl (C=O) groups is 1. The highest BCUT2D eigenvalue weighted by atomic mass is 35.5. The maximum absolute atomic E-state index is 11.6. The molecule has 1 saturated heterocycles. The van der Waals surface area contributed by atoms with Crippen LogP contribution in [0.15, 0.2) is 12.1 Å². The topological polar surface area (TPSA) is 104 Å². The van der Waals surface area contributed by atoms with Gasteiger partial charge in [0.15, 0.2) is 12.5 Å². The monoisotopic (exact) mass is 374 g/mol. The first-order valence-corrected chi connectivity index (χ1v) is 7.98. The lowest BCUT2D eigenvalue weighted by Gasteiger charge is -2.21. The first-order chi connectivity index (χ1) is 11.4. The quantitative estimate of drug-likeness (QED) is 0.603. The van der Waals surface area contributed by atoms with Gasteiger partial charge < -0.3 is 25.4 Å². The third kappa shape index (κ3) is 2.48. The van der Waals surface area contributed by atoms with E-state index in [9.17, 15) is 20.1 Å². The Labute approximate surface area is 147 Å². The lowest BCUT2D eigenvalue weighted by molar-refractivity contribution is -0.0497. The molecule has 0 bridgehead atoms. The Bertz CT molecular complexity index is 794. The van der Waals surface area contributed by atoms with Crippen molar-refractivity contribution in [2.24, 2.45) is 0 Å². The fourth-order valence-corrected chi connectivity index (χ4v) is 3.38. The van der Waals surface area contributed by atoms with Crippen molar-refractivity contribution in [1.82, 2.24) is 4.57 Å². The zero-order valence-electron chi connectivity index (χ0n) is 12.6.